The summed E-state index contributed by atoms with van der Waals surface area (Å²) >= 11 is 1.39. The van der Waals surface area contributed by atoms with Crippen molar-refractivity contribution in [3.8, 4) is 0 Å². The Hall–Kier alpha value is -1.53. The number of hydrogen-bond donors (Lipinski definition) is 0. The quantitative estimate of drug-likeness (QED) is 0.783. The predicted octanol–water partition coefficient (Wildman–Crippen LogP) is 3.40. The number of carbonyl (C=O) groups is 1. The maximum atomic E-state index is 12.5. The number of amides is 1. The second-order valence-corrected chi connectivity index (χ2v) is 7.87. The van der Waals surface area contributed by atoms with Crippen molar-refractivity contribution in [3.63, 3.8) is 0 Å². The van der Waals surface area contributed by atoms with Gasteiger partial charge in [0.2, 0.25) is 5.91 Å². The number of nitrogens with zero attached hydrogens (tertiary/aromatic N) is 3. The second kappa shape index (κ2) is 7.79. The van der Waals surface area contributed by atoms with Gasteiger partial charge in [-0.15, -0.1) is 0 Å². The van der Waals surface area contributed by atoms with E-state index in [2.05, 4.69) is 9.88 Å². The minimum atomic E-state index is 0.190. The van der Waals surface area contributed by atoms with Crippen LogP contribution in [-0.4, -0.2) is 58.7 Å². The van der Waals surface area contributed by atoms with Gasteiger partial charge in [0.1, 0.15) is 5.52 Å². The monoisotopic (exact) mass is 359 g/mol. The third-order valence-corrected chi connectivity index (χ3v) is 6.16. The van der Waals surface area contributed by atoms with E-state index in [1.54, 1.807) is 0 Å². The standard InChI is InChI=1S/C19H25N3O2S/c23-18(14-25-19-20-16-8-4-5-9-17(16)24-19)22-12-10-21(11-13-22)15-6-2-1-3-7-15/h4-5,8-9,15H,1-3,6-7,10-14H2. The minimum Gasteiger partial charge on any atom is -0.431 e. The fourth-order valence-corrected chi connectivity index (χ4v) is 4.65. The van der Waals surface area contributed by atoms with Crippen molar-refractivity contribution in [2.75, 3.05) is 31.9 Å². The molecule has 4 rings (SSSR count). The molecule has 5 nitrogen and oxygen atoms in total. The molecule has 25 heavy (non-hydrogen) atoms. The average molecular weight is 359 g/mol. The first-order valence-electron chi connectivity index (χ1n) is 9.30. The van der Waals surface area contributed by atoms with Gasteiger partial charge in [0.15, 0.2) is 5.58 Å². The first-order chi connectivity index (χ1) is 12.3. The molecular formula is C19H25N3O2S. The van der Waals surface area contributed by atoms with Crippen LogP contribution >= 0.6 is 11.8 Å². The van der Waals surface area contributed by atoms with Crippen molar-refractivity contribution in [2.45, 2.75) is 43.4 Å². The van der Waals surface area contributed by atoms with E-state index in [-0.39, 0.29) is 5.91 Å². The van der Waals surface area contributed by atoms with E-state index in [1.807, 2.05) is 29.2 Å². The van der Waals surface area contributed by atoms with Crippen LogP contribution in [0.5, 0.6) is 0 Å². The lowest BCUT2D eigenvalue weighted by atomic mass is 9.94. The van der Waals surface area contributed by atoms with Gasteiger partial charge in [-0.25, -0.2) is 4.98 Å². The van der Waals surface area contributed by atoms with Gasteiger partial charge >= 0.3 is 0 Å². The fraction of sp³-hybridized carbons (Fsp3) is 0.579. The molecule has 0 bridgehead atoms. The van der Waals surface area contributed by atoms with Gasteiger partial charge in [0.05, 0.1) is 5.75 Å². The topological polar surface area (TPSA) is 49.6 Å². The van der Waals surface area contributed by atoms with E-state index < -0.39 is 0 Å². The molecule has 2 aliphatic rings. The van der Waals surface area contributed by atoms with Crippen LogP contribution in [0.1, 0.15) is 32.1 Å². The summed E-state index contributed by atoms with van der Waals surface area (Å²) in [6, 6.07) is 8.45. The number of rotatable bonds is 4. The number of oxazole rings is 1. The molecule has 1 amide bonds. The summed E-state index contributed by atoms with van der Waals surface area (Å²) in [7, 11) is 0. The summed E-state index contributed by atoms with van der Waals surface area (Å²) in [6.45, 7) is 3.74. The van der Waals surface area contributed by atoms with Crippen LogP contribution < -0.4 is 0 Å². The summed E-state index contributed by atoms with van der Waals surface area (Å²) in [4.78, 5) is 21.5. The van der Waals surface area contributed by atoms with Gasteiger partial charge in [0.25, 0.3) is 5.22 Å². The molecule has 1 saturated carbocycles. The minimum absolute atomic E-state index is 0.190. The van der Waals surface area contributed by atoms with E-state index >= 15 is 0 Å². The molecule has 0 spiro atoms. The first kappa shape index (κ1) is 16.9. The third kappa shape index (κ3) is 4.01. The first-order valence-corrected chi connectivity index (χ1v) is 10.3. The number of aromatic nitrogens is 1. The molecule has 0 unspecified atom stereocenters. The Kier molecular flexibility index (Phi) is 5.27. The Labute approximate surface area is 152 Å². The van der Waals surface area contributed by atoms with Gasteiger partial charge in [-0.05, 0) is 25.0 Å². The normalized spacial score (nSPS) is 20.2. The highest BCUT2D eigenvalue weighted by molar-refractivity contribution is 7.99. The molecule has 134 valence electrons. The summed E-state index contributed by atoms with van der Waals surface area (Å²) in [6.07, 6.45) is 6.79. The molecule has 0 radical (unpaired) electrons. The van der Waals surface area contributed by atoms with Crippen molar-refractivity contribution < 1.29 is 9.21 Å². The van der Waals surface area contributed by atoms with E-state index in [9.17, 15) is 4.79 Å². The molecule has 0 atom stereocenters. The molecule has 1 aromatic heterocycles. The Morgan fingerprint density at radius 3 is 2.64 bits per heavy atom. The van der Waals surface area contributed by atoms with E-state index in [0.29, 0.717) is 11.0 Å². The number of carbonyl (C=O) groups excluding carboxylic acids is 1. The molecule has 2 fully saturated rings. The van der Waals surface area contributed by atoms with E-state index in [1.165, 1.54) is 43.9 Å². The summed E-state index contributed by atoms with van der Waals surface area (Å²) in [5.41, 5.74) is 1.62. The third-order valence-electron chi connectivity index (χ3n) is 5.35. The summed E-state index contributed by atoms with van der Waals surface area (Å²) in [5, 5.41) is 0.579. The van der Waals surface area contributed by atoms with Crippen molar-refractivity contribution in [3.05, 3.63) is 24.3 Å². The highest BCUT2D eigenvalue weighted by Crippen LogP contribution is 2.25. The van der Waals surface area contributed by atoms with Crippen molar-refractivity contribution >= 4 is 28.8 Å². The number of thioether (sulfide) groups is 1. The van der Waals surface area contributed by atoms with Gasteiger partial charge in [-0.3, -0.25) is 9.69 Å². The number of hydrogen-bond acceptors (Lipinski definition) is 5. The van der Waals surface area contributed by atoms with Gasteiger partial charge in [0, 0.05) is 32.2 Å². The van der Waals surface area contributed by atoms with Crippen molar-refractivity contribution in [1.82, 2.24) is 14.8 Å². The van der Waals surface area contributed by atoms with Gasteiger partial charge in [-0.1, -0.05) is 43.2 Å². The highest BCUT2D eigenvalue weighted by atomic mass is 32.2. The Balaban J connectivity index is 1.26. The maximum Gasteiger partial charge on any atom is 0.257 e. The Bertz CT molecular complexity index is 685. The highest BCUT2D eigenvalue weighted by Gasteiger charge is 2.27. The van der Waals surface area contributed by atoms with Crippen molar-refractivity contribution in [1.29, 1.82) is 0 Å². The zero-order chi connectivity index (χ0) is 17.1. The zero-order valence-corrected chi connectivity index (χ0v) is 15.3. The van der Waals surface area contributed by atoms with Crippen LogP contribution in [0.2, 0.25) is 0 Å². The lowest BCUT2D eigenvalue weighted by molar-refractivity contribution is -0.130. The molecule has 2 heterocycles. The zero-order valence-electron chi connectivity index (χ0n) is 14.5. The summed E-state index contributed by atoms with van der Waals surface area (Å²) in [5.74, 6) is 0.589. The molecule has 2 aromatic rings. The van der Waals surface area contributed by atoms with Crippen LogP contribution in [0.3, 0.4) is 0 Å². The maximum absolute atomic E-state index is 12.5. The number of fused-ring (bicyclic) bond motifs is 1. The van der Waals surface area contributed by atoms with Crippen LogP contribution in [0.15, 0.2) is 33.9 Å². The van der Waals surface area contributed by atoms with Gasteiger partial charge in [-0.2, -0.15) is 0 Å². The molecule has 0 N–H and O–H groups in total. The molecule has 1 aromatic carbocycles. The lowest BCUT2D eigenvalue weighted by Gasteiger charge is -2.40. The molecule has 1 aliphatic heterocycles. The van der Waals surface area contributed by atoms with E-state index in [4.69, 9.17) is 4.42 Å². The average Bonchev–Trinajstić information content (AvgIpc) is 3.10. The van der Waals surface area contributed by atoms with Gasteiger partial charge < -0.3 is 9.32 Å². The summed E-state index contributed by atoms with van der Waals surface area (Å²) < 4.78 is 5.68. The molecule has 1 saturated heterocycles. The van der Waals surface area contributed by atoms with Crippen molar-refractivity contribution in [2.24, 2.45) is 0 Å². The molecule has 1 aliphatic carbocycles. The molecule has 6 heteroatoms. The Morgan fingerprint density at radius 1 is 1.12 bits per heavy atom. The van der Waals surface area contributed by atoms with E-state index in [0.717, 1.165) is 43.3 Å². The number of piperazine rings is 1. The van der Waals surface area contributed by atoms with Crippen LogP contribution in [0, 0.1) is 0 Å². The smallest absolute Gasteiger partial charge is 0.257 e. The molecular weight excluding hydrogens is 334 g/mol. The van der Waals surface area contributed by atoms with Crippen LogP contribution in [0.4, 0.5) is 0 Å². The number of para-hydroxylation sites is 2. The SMILES string of the molecule is O=C(CSc1nc2ccccc2o1)N1CCN(C2CCCCC2)CC1. The van der Waals surface area contributed by atoms with Crippen LogP contribution in [0.25, 0.3) is 11.1 Å². The largest absolute Gasteiger partial charge is 0.431 e. The Morgan fingerprint density at radius 2 is 1.88 bits per heavy atom. The van der Waals surface area contributed by atoms with Crippen LogP contribution in [-0.2, 0) is 4.79 Å². The predicted molar refractivity (Wildman–Crippen MR) is 99.8 cm³/mol. The second-order valence-electron chi connectivity index (χ2n) is 6.94. The fourth-order valence-electron chi connectivity index (χ4n) is 3.91. The number of benzene rings is 1. The lowest BCUT2D eigenvalue weighted by Crippen LogP contribution is -2.52.